The Morgan fingerprint density at radius 1 is 1.36 bits per heavy atom. The van der Waals surface area contributed by atoms with Crippen molar-refractivity contribution in [3.05, 3.63) is 22.4 Å². The van der Waals surface area contributed by atoms with Crippen molar-refractivity contribution in [1.29, 1.82) is 0 Å². The second kappa shape index (κ2) is 4.03. The fraction of sp³-hybridized carbons (Fsp3) is 0.667. The van der Waals surface area contributed by atoms with Crippen LogP contribution in [0.3, 0.4) is 0 Å². The first-order valence-corrected chi connectivity index (χ1v) is 6.37. The van der Waals surface area contributed by atoms with Gasteiger partial charge in [0.1, 0.15) is 0 Å². The van der Waals surface area contributed by atoms with Gasteiger partial charge in [-0.2, -0.15) is 11.3 Å². The molecule has 78 valence electrons. The Balaban J connectivity index is 2.13. The van der Waals surface area contributed by atoms with Crippen LogP contribution in [0.4, 0.5) is 0 Å². The quantitative estimate of drug-likeness (QED) is 0.788. The Labute approximate surface area is 89.8 Å². The van der Waals surface area contributed by atoms with Gasteiger partial charge in [-0.25, -0.2) is 0 Å². The predicted octanol–water partition coefficient (Wildman–Crippen LogP) is 3.75. The minimum Gasteiger partial charge on any atom is -0.388 e. The second-order valence-corrected chi connectivity index (χ2v) is 5.45. The van der Waals surface area contributed by atoms with E-state index in [0.717, 1.165) is 5.56 Å². The van der Waals surface area contributed by atoms with Crippen molar-refractivity contribution in [2.24, 2.45) is 5.41 Å². The van der Waals surface area contributed by atoms with Crippen LogP contribution in [0.15, 0.2) is 16.8 Å². The molecule has 0 saturated heterocycles. The molecule has 1 atom stereocenters. The van der Waals surface area contributed by atoms with Gasteiger partial charge < -0.3 is 5.11 Å². The molecule has 0 bridgehead atoms. The van der Waals surface area contributed by atoms with Gasteiger partial charge in [0.25, 0.3) is 0 Å². The van der Waals surface area contributed by atoms with E-state index in [0.29, 0.717) is 0 Å². The van der Waals surface area contributed by atoms with Crippen LogP contribution in [0, 0.1) is 5.41 Å². The van der Waals surface area contributed by atoms with Crippen LogP contribution in [0.2, 0.25) is 0 Å². The Morgan fingerprint density at radius 2 is 2.07 bits per heavy atom. The van der Waals surface area contributed by atoms with Crippen molar-refractivity contribution in [3.63, 3.8) is 0 Å². The van der Waals surface area contributed by atoms with Crippen LogP contribution in [-0.2, 0) is 0 Å². The molecule has 1 unspecified atom stereocenters. The van der Waals surface area contributed by atoms with Gasteiger partial charge in [-0.05, 0) is 40.6 Å². The van der Waals surface area contributed by atoms with Crippen molar-refractivity contribution in [3.8, 4) is 0 Å². The maximum absolute atomic E-state index is 10.3. The zero-order chi connectivity index (χ0) is 10.0. The molecule has 14 heavy (non-hydrogen) atoms. The summed E-state index contributed by atoms with van der Waals surface area (Å²) in [6, 6.07) is 2.05. The molecule has 0 amide bonds. The van der Waals surface area contributed by atoms with E-state index < -0.39 is 0 Å². The predicted molar refractivity (Wildman–Crippen MR) is 60.5 cm³/mol. The first kappa shape index (κ1) is 10.2. The topological polar surface area (TPSA) is 20.2 Å². The molecule has 0 spiro atoms. The number of aliphatic hydroxyl groups excluding tert-OH is 1. The highest BCUT2D eigenvalue weighted by Gasteiger charge is 2.35. The van der Waals surface area contributed by atoms with E-state index >= 15 is 0 Å². The fourth-order valence-electron chi connectivity index (χ4n) is 2.47. The minimum atomic E-state index is -0.256. The van der Waals surface area contributed by atoms with E-state index in [1.807, 2.05) is 5.38 Å². The van der Waals surface area contributed by atoms with Crippen molar-refractivity contribution in [2.75, 3.05) is 0 Å². The molecule has 0 aliphatic heterocycles. The molecular formula is C12H18OS. The maximum atomic E-state index is 10.3. The monoisotopic (exact) mass is 210 g/mol. The average molecular weight is 210 g/mol. The molecule has 1 N–H and O–H groups in total. The molecule has 1 aromatic rings. The van der Waals surface area contributed by atoms with Crippen molar-refractivity contribution < 1.29 is 5.11 Å². The lowest BCUT2D eigenvalue weighted by Crippen LogP contribution is -2.27. The molecule has 2 heteroatoms. The van der Waals surface area contributed by atoms with E-state index in [1.54, 1.807) is 11.3 Å². The third-order valence-electron chi connectivity index (χ3n) is 3.51. The van der Waals surface area contributed by atoms with Gasteiger partial charge in [0.15, 0.2) is 0 Å². The number of hydrogen-bond donors (Lipinski definition) is 1. The van der Waals surface area contributed by atoms with Crippen LogP contribution in [0.5, 0.6) is 0 Å². The normalized spacial score (nSPS) is 23.3. The average Bonchev–Trinajstić information content (AvgIpc) is 2.70. The smallest absolute Gasteiger partial charge is 0.0851 e. The van der Waals surface area contributed by atoms with Crippen LogP contribution in [-0.4, -0.2) is 5.11 Å². The Kier molecular flexibility index (Phi) is 2.93. The van der Waals surface area contributed by atoms with Crippen LogP contribution in [0.1, 0.15) is 50.7 Å². The lowest BCUT2D eigenvalue weighted by atomic mass is 9.70. The molecule has 2 rings (SSSR count). The largest absolute Gasteiger partial charge is 0.388 e. The van der Waals surface area contributed by atoms with Gasteiger partial charge in [-0.1, -0.05) is 26.2 Å². The zero-order valence-corrected chi connectivity index (χ0v) is 9.52. The zero-order valence-electron chi connectivity index (χ0n) is 8.70. The highest BCUT2D eigenvalue weighted by Crippen LogP contribution is 2.45. The van der Waals surface area contributed by atoms with E-state index in [-0.39, 0.29) is 11.5 Å². The number of rotatable bonds is 2. The summed E-state index contributed by atoms with van der Waals surface area (Å²) in [5, 5.41) is 14.4. The first-order chi connectivity index (χ1) is 6.72. The molecule has 1 aliphatic rings. The molecule has 1 saturated carbocycles. The lowest BCUT2D eigenvalue weighted by Gasteiger charge is -2.37. The third kappa shape index (κ3) is 1.86. The maximum Gasteiger partial charge on any atom is 0.0851 e. The summed E-state index contributed by atoms with van der Waals surface area (Å²) in [5.74, 6) is 0. The van der Waals surface area contributed by atoms with E-state index in [2.05, 4.69) is 18.4 Å². The van der Waals surface area contributed by atoms with Gasteiger partial charge in [0.2, 0.25) is 0 Å². The Morgan fingerprint density at radius 3 is 2.64 bits per heavy atom. The van der Waals surface area contributed by atoms with Gasteiger partial charge >= 0.3 is 0 Å². The Bertz CT molecular complexity index is 273. The molecule has 1 aromatic heterocycles. The molecule has 1 fully saturated rings. The highest BCUT2D eigenvalue weighted by atomic mass is 32.1. The van der Waals surface area contributed by atoms with Gasteiger partial charge in [0.05, 0.1) is 6.10 Å². The van der Waals surface area contributed by atoms with Crippen molar-refractivity contribution in [1.82, 2.24) is 0 Å². The number of hydrogen-bond acceptors (Lipinski definition) is 2. The van der Waals surface area contributed by atoms with Crippen molar-refractivity contribution >= 4 is 11.3 Å². The summed E-state index contributed by atoms with van der Waals surface area (Å²) >= 11 is 1.67. The van der Waals surface area contributed by atoms with E-state index in [9.17, 15) is 5.11 Å². The van der Waals surface area contributed by atoms with Gasteiger partial charge in [-0.3, -0.25) is 0 Å². The molecule has 1 aliphatic carbocycles. The van der Waals surface area contributed by atoms with Crippen LogP contribution in [0.25, 0.3) is 0 Å². The first-order valence-electron chi connectivity index (χ1n) is 5.42. The number of aliphatic hydroxyl groups is 1. The summed E-state index contributed by atoms with van der Waals surface area (Å²) in [4.78, 5) is 0. The fourth-order valence-corrected chi connectivity index (χ4v) is 3.14. The summed E-state index contributed by atoms with van der Waals surface area (Å²) in [6.07, 6.45) is 5.98. The number of thiophene rings is 1. The molecule has 1 heterocycles. The minimum absolute atomic E-state index is 0.124. The standard InChI is InChI=1S/C12H18OS/c1-12(6-3-2-4-7-12)11(13)10-5-8-14-9-10/h5,8-9,11,13H,2-4,6-7H2,1H3. The van der Waals surface area contributed by atoms with Gasteiger partial charge in [0, 0.05) is 0 Å². The SMILES string of the molecule is CC1(C(O)c2ccsc2)CCCCC1. The second-order valence-electron chi connectivity index (χ2n) is 4.67. The van der Waals surface area contributed by atoms with E-state index in [1.165, 1.54) is 32.1 Å². The molecular weight excluding hydrogens is 192 g/mol. The summed E-state index contributed by atoms with van der Waals surface area (Å²) in [5.41, 5.74) is 1.23. The van der Waals surface area contributed by atoms with E-state index in [4.69, 9.17) is 0 Å². The van der Waals surface area contributed by atoms with Crippen LogP contribution < -0.4 is 0 Å². The highest BCUT2D eigenvalue weighted by molar-refractivity contribution is 7.07. The summed E-state index contributed by atoms with van der Waals surface area (Å²) in [6.45, 7) is 2.23. The molecule has 0 radical (unpaired) electrons. The van der Waals surface area contributed by atoms with Gasteiger partial charge in [-0.15, -0.1) is 0 Å². The summed E-state index contributed by atoms with van der Waals surface area (Å²) < 4.78 is 0. The van der Waals surface area contributed by atoms with Crippen LogP contribution >= 0.6 is 11.3 Å². The van der Waals surface area contributed by atoms with Crippen molar-refractivity contribution in [2.45, 2.75) is 45.1 Å². The lowest BCUT2D eigenvalue weighted by molar-refractivity contribution is 0.00848. The summed E-state index contributed by atoms with van der Waals surface area (Å²) in [7, 11) is 0. The third-order valence-corrected chi connectivity index (χ3v) is 4.22. The molecule has 0 aromatic carbocycles. The Hall–Kier alpha value is -0.340. The molecule has 1 nitrogen and oxygen atoms in total.